The number of benzene rings is 1. The second-order valence-corrected chi connectivity index (χ2v) is 7.72. The van der Waals surface area contributed by atoms with Crippen molar-refractivity contribution in [3.05, 3.63) is 29.8 Å². The molecular formula is C21H35N3O. The maximum Gasteiger partial charge on any atom is 0.0574 e. The number of nitrogens with one attached hydrogen (secondary N) is 1. The van der Waals surface area contributed by atoms with Crippen molar-refractivity contribution in [1.82, 2.24) is 10.2 Å². The molecule has 2 saturated heterocycles. The summed E-state index contributed by atoms with van der Waals surface area (Å²) in [7, 11) is 0. The van der Waals surface area contributed by atoms with Gasteiger partial charge < -0.3 is 15.3 Å². The molecule has 2 aliphatic rings. The summed E-state index contributed by atoms with van der Waals surface area (Å²) >= 11 is 0. The van der Waals surface area contributed by atoms with E-state index < -0.39 is 0 Å². The molecule has 0 amide bonds. The number of hydrogen-bond donors (Lipinski definition) is 2. The summed E-state index contributed by atoms with van der Waals surface area (Å²) in [5.41, 5.74) is 2.65. The number of likely N-dealkylation sites (N-methyl/N-ethyl adjacent to an activating group) is 1. The minimum atomic E-state index is -0.109. The largest absolute Gasteiger partial charge is 0.393 e. The van der Waals surface area contributed by atoms with Gasteiger partial charge in [-0.2, -0.15) is 0 Å². The Morgan fingerprint density at radius 1 is 1.08 bits per heavy atom. The van der Waals surface area contributed by atoms with Gasteiger partial charge in [0.2, 0.25) is 0 Å². The highest BCUT2D eigenvalue weighted by Crippen LogP contribution is 2.23. The smallest absolute Gasteiger partial charge is 0.0574 e. The number of nitrogens with zero attached hydrogens (tertiary/aromatic N) is 2. The third-order valence-electron chi connectivity index (χ3n) is 6.04. The van der Waals surface area contributed by atoms with Gasteiger partial charge in [-0.1, -0.05) is 25.5 Å². The molecule has 25 heavy (non-hydrogen) atoms. The van der Waals surface area contributed by atoms with E-state index in [4.69, 9.17) is 0 Å². The van der Waals surface area contributed by atoms with Crippen LogP contribution in [0, 0.1) is 0 Å². The Kier molecular flexibility index (Phi) is 6.74. The average molecular weight is 346 g/mol. The first-order valence-corrected chi connectivity index (χ1v) is 10.2. The Morgan fingerprint density at radius 2 is 1.80 bits per heavy atom. The fourth-order valence-electron chi connectivity index (χ4n) is 4.24. The normalized spacial score (nSPS) is 24.4. The molecule has 1 aromatic rings. The van der Waals surface area contributed by atoms with Crippen LogP contribution in [0.15, 0.2) is 24.3 Å². The Morgan fingerprint density at radius 3 is 2.48 bits per heavy atom. The minimum absolute atomic E-state index is 0.109. The van der Waals surface area contributed by atoms with Gasteiger partial charge in [0.05, 0.1) is 6.10 Å². The van der Waals surface area contributed by atoms with E-state index in [1.54, 1.807) is 0 Å². The Hall–Kier alpha value is -1.10. The van der Waals surface area contributed by atoms with Crippen LogP contribution in [0.2, 0.25) is 0 Å². The SMILES string of the molecule is CCN1CCCCC1CNC(C)c1ccc(N2CCC(O)CC2)cc1. The monoisotopic (exact) mass is 345 g/mol. The van der Waals surface area contributed by atoms with Crippen molar-refractivity contribution in [2.75, 3.05) is 37.6 Å². The molecule has 4 nitrogen and oxygen atoms in total. The zero-order valence-electron chi connectivity index (χ0n) is 16.0. The fraction of sp³-hybridized carbons (Fsp3) is 0.714. The number of likely N-dealkylation sites (tertiary alicyclic amines) is 1. The van der Waals surface area contributed by atoms with Crippen LogP contribution < -0.4 is 10.2 Å². The first kappa shape index (κ1) is 18.7. The van der Waals surface area contributed by atoms with Crippen LogP contribution in [0.25, 0.3) is 0 Å². The van der Waals surface area contributed by atoms with Crippen molar-refractivity contribution in [2.24, 2.45) is 0 Å². The molecule has 0 bridgehead atoms. The van der Waals surface area contributed by atoms with Gasteiger partial charge in [0.15, 0.2) is 0 Å². The molecule has 0 saturated carbocycles. The van der Waals surface area contributed by atoms with Crippen LogP contribution in [0.1, 0.15) is 57.6 Å². The van der Waals surface area contributed by atoms with E-state index in [0.29, 0.717) is 12.1 Å². The fourth-order valence-corrected chi connectivity index (χ4v) is 4.24. The van der Waals surface area contributed by atoms with Gasteiger partial charge in [0.25, 0.3) is 0 Å². The minimum Gasteiger partial charge on any atom is -0.393 e. The summed E-state index contributed by atoms with van der Waals surface area (Å²) in [5, 5.41) is 13.4. The van der Waals surface area contributed by atoms with E-state index in [0.717, 1.165) is 32.5 Å². The van der Waals surface area contributed by atoms with Gasteiger partial charge in [-0.25, -0.2) is 0 Å². The molecule has 2 aliphatic heterocycles. The summed E-state index contributed by atoms with van der Waals surface area (Å²) in [6, 6.07) is 10.1. The Balaban J connectivity index is 1.51. The van der Waals surface area contributed by atoms with Crippen LogP contribution in [-0.2, 0) is 0 Å². The standard InChI is InChI=1S/C21H35N3O/c1-3-23-13-5-4-6-20(23)16-22-17(2)18-7-9-19(10-8-18)24-14-11-21(25)12-15-24/h7-10,17,20-22,25H,3-6,11-16H2,1-2H3. The van der Waals surface area contributed by atoms with Gasteiger partial charge in [-0.3, -0.25) is 4.90 Å². The average Bonchev–Trinajstić information content (AvgIpc) is 2.67. The molecule has 140 valence electrons. The number of rotatable bonds is 6. The molecule has 2 heterocycles. The predicted octanol–water partition coefficient (Wildman–Crippen LogP) is 3.17. The second-order valence-electron chi connectivity index (χ2n) is 7.72. The highest BCUT2D eigenvalue weighted by Gasteiger charge is 2.21. The summed E-state index contributed by atoms with van der Waals surface area (Å²) in [5.74, 6) is 0. The highest BCUT2D eigenvalue weighted by atomic mass is 16.3. The summed E-state index contributed by atoms with van der Waals surface area (Å²) in [4.78, 5) is 5.01. The van der Waals surface area contributed by atoms with Gasteiger partial charge in [-0.15, -0.1) is 0 Å². The second kappa shape index (κ2) is 9.02. The van der Waals surface area contributed by atoms with Crippen molar-refractivity contribution < 1.29 is 5.11 Å². The topological polar surface area (TPSA) is 38.7 Å². The molecule has 0 aliphatic carbocycles. The lowest BCUT2D eigenvalue weighted by Gasteiger charge is -2.35. The van der Waals surface area contributed by atoms with Gasteiger partial charge >= 0.3 is 0 Å². The first-order valence-electron chi connectivity index (χ1n) is 10.2. The summed E-state index contributed by atoms with van der Waals surface area (Å²) < 4.78 is 0. The maximum absolute atomic E-state index is 9.66. The molecule has 1 aromatic carbocycles. The lowest BCUT2D eigenvalue weighted by atomic mass is 10.0. The zero-order valence-corrected chi connectivity index (χ0v) is 16.0. The number of piperidine rings is 2. The van der Waals surface area contributed by atoms with Crippen LogP contribution in [0.3, 0.4) is 0 Å². The maximum atomic E-state index is 9.66. The Bertz CT molecular complexity index is 510. The molecule has 2 unspecified atom stereocenters. The third kappa shape index (κ3) is 4.96. The van der Waals surface area contributed by atoms with Crippen molar-refractivity contribution in [3.8, 4) is 0 Å². The molecule has 0 spiro atoms. The lowest BCUT2D eigenvalue weighted by molar-refractivity contribution is 0.145. The van der Waals surface area contributed by atoms with Crippen molar-refractivity contribution in [2.45, 2.75) is 64.1 Å². The van der Waals surface area contributed by atoms with Crippen LogP contribution in [0.5, 0.6) is 0 Å². The van der Waals surface area contributed by atoms with E-state index in [2.05, 4.69) is 53.2 Å². The zero-order chi connectivity index (χ0) is 17.6. The highest BCUT2D eigenvalue weighted by molar-refractivity contribution is 5.48. The third-order valence-corrected chi connectivity index (χ3v) is 6.04. The lowest BCUT2D eigenvalue weighted by Crippen LogP contribution is -2.45. The van der Waals surface area contributed by atoms with Gasteiger partial charge in [0, 0.05) is 37.4 Å². The summed E-state index contributed by atoms with van der Waals surface area (Å²) in [6.07, 6.45) is 5.71. The number of aliphatic hydroxyl groups is 1. The van der Waals surface area contributed by atoms with E-state index in [9.17, 15) is 5.11 Å². The van der Waals surface area contributed by atoms with Gasteiger partial charge in [-0.05, 0) is 63.4 Å². The van der Waals surface area contributed by atoms with E-state index in [-0.39, 0.29) is 6.10 Å². The number of anilines is 1. The van der Waals surface area contributed by atoms with Crippen LogP contribution in [-0.4, -0.2) is 54.9 Å². The molecule has 2 fully saturated rings. The summed E-state index contributed by atoms with van der Waals surface area (Å²) in [6.45, 7) is 9.98. The molecular weight excluding hydrogens is 310 g/mol. The molecule has 3 rings (SSSR count). The number of hydrogen-bond acceptors (Lipinski definition) is 4. The quantitative estimate of drug-likeness (QED) is 0.831. The first-order chi connectivity index (χ1) is 12.2. The number of aliphatic hydroxyl groups excluding tert-OH is 1. The molecule has 2 atom stereocenters. The Labute approximate surface area is 153 Å². The van der Waals surface area contributed by atoms with Crippen molar-refractivity contribution >= 4 is 5.69 Å². The molecule has 2 N–H and O–H groups in total. The van der Waals surface area contributed by atoms with E-state index in [1.807, 2.05) is 0 Å². The van der Waals surface area contributed by atoms with Crippen molar-refractivity contribution in [3.63, 3.8) is 0 Å². The van der Waals surface area contributed by atoms with E-state index in [1.165, 1.54) is 43.6 Å². The van der Waals surface area contributed by atoms with E-state index >= 15 is 0 Å². The molecule has 0 radical (unpaired) electrons. The van der Waals surface area contributed by atoms with Crippen LogP contribution >= 0.6 is 0 Å². The van der Waals surface area contributed by atoms with Crippen molar-refractivity contribution in [1.29, 1.82) is 0 Å². The molecule has 4 heteroatoms. The van der Waals surface area contributed by atoms with Crippen LogP contribution in [0.4, 0.5) is 5.69 Å². The molecule has 0 aromatic heterocycles. The predicted molar refractivity (Wildman–Crippen MR) is 105 cm³/mol. The van der Waals surface area contributed by atoms with Gasteiger partial charge in [0.1, 0.15) is 0 Å².